The monoisotopic (exact) mass is 240 g/mol. The minimum absolute atomic E-state index is 0.931. The molecule has 2 aromatic rings. The van der Waals surface area contributed by atoms with Crippen LogP contribution in [0.1, 0.15) is 25.0 Å². The molecule has 0 bridgehead atoms. The molecule has 0 N–H and O–H groups in total. The molecule has 0 aliphatic carbocycles. The number of benzene rings is 2. The van der Waals surface area contributed by atoms with Crippen molar-refractivity contribution >= 4 is 0 Å². The lowest BCUT2D eigenvalue weighted by Gasteiger charge is -2.10. The first-order valence-corrected chi connectivity index (χ1v) is 6.54. The Bertz CT molecular complexity index is 512. The maximum Gasteiger partial charge on any atom is 0.119 e. The van der Waals surface area contributed by atoms with E-state index < -0.39 is 0 Å². The average molecular weight is 240 g/mol. The van der Waals surface area contributed by atoms with E-state index in [1.807, 2.05) is 6.07 Å². The molecule has 0 heterocycles. The van der Waals surface area contributed by atoms with Crippen molar-refractivity contribution in [2.45, 2.75) is 26.7 Å². The highest BCUT2D eigenvalue weighted by Gasteiger charge is 2.05. The predicted molar refractivity (Wildman–Crippen MR) is 77.2 cm³/mol. The van der Waals surface area contributed by atoms with E-state index in [2.05, 4.69) is 50.2 Å². The van der Waals surface area contributed by atoms with Crippen LogP contribution in [-0.4, -0.2) is 7.11 Å². The van der Waals surface area contributed by atoms with Crippen molar-refractivity contribution in [3.63, 3.8) is 0 Å². The van der Waals surface area contributed by atoms with Crippen LogP contribution in [-0.2, 0) is 12.8 Å². The summed E-state index contributed by atoms with van der Waals surface area (Å²) < 4.78 is 5.28. The van der Waals surface area contributed by atoms with E-state index in [0.717, 1.165) is 18.6 Å². The number of aryl methyl sites for hydroxylation is 2. The summed E-state index contributed by atoms with van der Waals surface area (Å²) >= 11 is 0. The maximum absolute atomic E-state index is 5.28. The molecule has 0 unspecified atom stereocenters. The molecule has 0 aromatic heterocycles. The van der Waals surface area contributed by atoms with Crippen molar-refractivity contribution in [3.8, 4) is 16.9 Å². The van der Waals surface area contributed by atoms with Crippen LogP contribution in [0.25, 0.3) is 11.1 Å². The van der Waals surface area contributed by atoms with Gasteiger partial charge in [-0.05, 0) is 47.2 Å². The molecule has 0 atom stereocenters. The molecule has 0 radical (unpaired) electrons. The van der Waals surface area contributed by atoms with Gasteiger partial charge in [0.15, 0.2) is 0 Å². The van der Waals surface area contributed by atoms with Crippen LogP contribution in [0.5, 0.6) is 5.75 Å². The molecule has 0 fully saturated rings. The largest absolute Gasteiger partial charge is 0.497 e. The van der Waals surface area contributed by atoms with Crippen molar-refractivity contribution in [2.24, 2.45) is 0 Å². The van der Waals surface area contributed by atoms with Gasteiger partial charge in [-0.25, -0.2) is 0 Å². The Morgan fingerprint density at radius 1 is 0.889 bits per heavy atom. The Labute approximate surface area is 109 Å². The Hall–Kier alpha value is -1.76. The summed E-state index contributed by atoms with van der Waals surface area (Å²) in [5, 5.41) is 0. The van der Waals surface area contributed by atoms with E-state index in [-0.39, 0.29) is 0 Å². The molecular weight excluding hydrogens is 220 g/mol. The van der Waals surface area contributed by atoms with Crippen LogP contribution in [0.3, 0.4) is 0 Å². The standard InChI is InChI=1S/C17H20O/c1-4-13-6-8-15(9-7-13)17-11-10-16(18-3)12-14(17)5-2/h6-12H,4-5H2,1-3H3. The first-order valence-electron chi connectivity index (χ1n) is 6.54. The van der Waals surface area contributed by atoms with Gasteiger partial charge in [0.2, 0.25) is 0 Å². The average Bonchev–Trinajstić information content (AvgIpc) is 2.46. The van der Waals surface area contributed by atoms with Crippen LogP contribution in [0.4, 0.5) is 0 Å². The van der Waals surface area contributed by atoms with Crippen molar-refractivity contribution in [1.82, 2.24) is 0 Å². The van der Waals surface area contributed by atoms with Crippen LogP contribution >= 0.6 is 0 Å². The first kappa shape index (κ1) is 12.7. The molecular formula is C17H20O. The van der Waals surface area contributed by atoms with Gasteiger partial charge >= 0.3 is 0 Å². The molecule has 0 aliphatic heterocycles. The summed E-state index contributed by atoms with van der Waals surface area (Å²) in [6, 6.07) is 15.1. The molecule has 1 nitrogen and oxygen atoms in total. The Morgan fingerprint density at radius 3 is 2.17 bits per heavy atom. The highest BCUT2D eigenvalue weighted by atomic mass is 16.5. The second-order valence-corrected chi connectivity index (χ2v) is 4.43. The minimum Gasteiger partial charge on any atom is -0.497 e. The highest BCUT2D eigenvalue weighted by molar-refractivity contribution is 5.68. The SMILES string of the molecule is CCc1ccc(-c2ccc(OC)cc2CC)cc1. The fourth-order valence-corrected chi connectivity index (χ4v) is 2.19. The highest BCUT2D eigenvalue weighted by Crippen LogP contribution is 2.28. The van der Waals surface area contributed by atoms with Gasteiger partial charge in [0, 0.05) is 0 Å². The van der Waals surface area contributed by atoms with Crippen molar-refractivity contribution in [2.75, 3.05) is 7.11 Å². The number of rotatable bonds is 4. The zero-order chi connectivity index (χ0) is 13.0. The lowest BCUT2D eigenvalue weighted by molar-refractivity contribution is 0.414. The normalized spacial score (nSPS) is 10.4. The van der Waals surface area contributed by atoms with Crippen LogP contribution in [0.2, 0.25) is 0 Å². The Kier molecular flexibility index (Phi) is 4.03. The van der Waals surface area contributed by atoms with Gasteiger partial charge in [-0.1, -0.05) is 44.2 Å². The summed E-state index contributed by atoms with van der Waals surface area (Å²) in [7, 11) is 1.71. The van der Waals surface area contributed by atoms with E-state index >= 15 is 0 Å². The molecule has 0 spiro atoms. The van der Waals surface area contributed by atoms with E-state index in [1.54, 1.807) is 7.11 Å². The number of hydrogen-bond donors (Lipinski definition) is 0. The van der Waals surface area contributed by atoms with Crippen LogP contribution < -0.4 is 4.74 Å². The van der Waals surface area contributed by atoms with Gasteiger partial charge in [-0.15, -0.1) is 0 Å². The zero-order valence-corrected chi connectivity index (χ0v) is 11.4. The van der Waals surface area contributed by atoms with Gasteiger partial charge in [0.25, 0.3) is 0 Å². The van der Waals surface area contributed by atoms with E-state index in [9.17, 15) is 0 Å². The molecule has 2 rings (SSSR count). The van der Waals surface area contributed by atoms with E-state index in [4.69, 9.17) is 4.74 Å². The second-order valence-electron chi connectivity index (χ2n) is 4.43. The summed E-state index contributed by atoms with van der Waals surface area (Å²) in [5.74, 6) is 0.931. The maximum atomic E-state index is 5.28. The fourth-order valence-electron chi connectivity index (χ4n) is 2.19. The smallest absolute Gasteiger partial charge is 0.119 e. The van der Waals surface area contributed by atoms with Crippen molar-refractivity contribution < 1.29 is 4.74 Å². The van der Waals surface area contributed by atoms with Gasteiger partial charge in [-0.3, -0.25) is 0 Å². The Balaban J connectivity index is 2.42. The fraction of sp³-hybridized carbons (Fsp3) is 0.294. The van der Waals surface area contributed by atoms with Gasteiger partial charge < -0.3 is 4.74 Å². The lowest BCUT2D eigenvalue weighted by atomic mass is 9.96. The van der Waals surface area contributed by atoms with Crippen LogP contribution in [0.15, 0.2) is 42.5 Å². The molecule has 0 aliphatic rings. The van der Waals surface area contributed by atoms with Crippen molar-refractivity contribution in [3.05, 3.63) is 53.6 Å². The molecule has 0 saturated heterocycles. The third-order valence-electron chi connectivity index (χ3n) is 3.37. The van der Waals surface area contributed by atoms with E-state index in [1.165, 1.54) is 22.3 Å². The second kappa shape index (κ2) is 5.72. The van der Waals surface area contributed by atoms with Gasteiger partial charge in [0.05, 0.1) is 7.11 Å². The molecule has 2 aromatic carbocycles. The summed E-state index contributed by atoms with van der Waals surface area (Å²) in [6.07, 6.45) is 2.10. The Morgan fingerprint density at radius 2 is 1.61 bits per heavy atom. The van der Waals surface area contributed by atoms with Gasteiger partial charge in [0.1, 0.15) is 5.75 Å². The molecule has 18 heavy (non-hydrogen) atoms. The topological polar surface area (TPSA) is 9.23 Å². The lowest BCUT2D eigenvalue weighted by Crippen LogP contribution is -1.91. The third-order valence-corrected chi connectivity index (χ3v) is 3.37. The molecule has 0 amide bonds. The first-order chi connectivity index (χ1) is 8.78. The quantitative estimate of drug-likeness (QED) is 0.765. The van der Waals surface area contributed by atoms with Gasteiger partial charge in [-0.2, -0.15) is 0 Å². The van der Waals surface area contributed by atoms with E-state index in [0.29, 0.717) is 0 Å². The van der Waals surface area contributed by atoms with Crippen molar-refractivity contribution in [1.29, 1.82) is 0 Å². The molecule has 1 heteroatoms. The third kappa shape index (κ3) is 2.56. The predicted octanol–water partition coefficient (Wildman–Crippen LogP) is 4.49. The number of ether oxygens (including phenoxy) is 1. The number of hydrogen-bond acceptors (Lipinski definition) is 1. The summed E-state index contributed by atoms with van der Waals surface area (Å²) in [4.78, 5) is 0. The van der Waals surface area contributed by atoms with Crippen LogP contribution in [0, 0.1) is 0 Å². The molecule has 94 valence electrons. The minimum atomic E-state index is 0.931. The zero-order valence-electron chi connectivity index (χ0n) is 11.4. The summed E-state index contributed by atoms with van der Waals surface area (Å²) in [5.41, 5.74) is 5.30. The number of methoxy groups -OCH3 is 1. The molecule has 0 saturated carbocycles. The summed E-state index contributed by atoms with van der Waals surface area (Å²) in [6.45, 7) is 4.36.